The number of nitrogens with two attached hydrogens (primary N) is 1. The molecule has 1 atom stereocenters. The van der Waals surface area contributed by atoms with Gasteiger partial charge >= 0.3 is 0 Å². The van der Waals surface area contributed by atoms with E-state index in [2.05, 4.69) is 24.0 Å². The van der Waals surface area contributed by atoms with Crippen LogP contribution in [0.5, 0.6) is 5.88 Å². The Morgan fingerprint density at radius 2 is 2.07 bits per heavy atom. The second kappa shape index (κ2) is 8.13. The molecule has 4 rings (SSSR count). The van der Waals surface area contributed by atoms with E-state index in [1.54, 1.807) is 0 Å². The summed E-state index contributed by atoms with van der Waals surface area (Å²) in [6.45, 7) is 3.81. The predicted molar refractivity (Wildman–Crippen MR) is 109 cm³/mol. The lowest BCUT2D eigenvalue weighted by Gasteiger charge is -2.23. The van der Waals surface area contributed by atoms with E-state index in [9.17, 15) is 0 Å². The Morgan fingerprint density at radius 1 is 1.19 bits per heavy atom. The first kappa shape index (κ1) is 18.1. The van der Waals surface area contributed by atoms with Crippen molar-refractivity contribution in [2.24, 2.45) is 5.73 Å². The first-order chi connectivity index (χ1) is 13.3. The minimum atomic E-state index is 0.422. The zero-order valence-corrected chi connectivity index (χ0v) is 16.0. The number of furan rings is 1. The SMILES string of the molecule is C[C@@H](CCCCCN)c1cnc2c(c1-c1cc3ccccc3o1)CCCO2. The van der Waals surface area contributed by atoms with Crippen LogP contribution in [0.25, 0.3) is 22.3 Å². The summed E-state index contributed by atoms with van der Waals surface area (Å²) in [6, 6.07) is 10.3. The van der Waals surface area contributed by atoms with Gasteiger partial charge in [0.05, 0.1) is 6.61 Å². The number of aromatic nitrogens is 1. The van der Waals surface area contributed by atoms with Gasteiger partial charge in [-0.25, -0.2) is 4.98 Å². The first-order valence-electron chi connectivity index (χ1n) is 10.1. The van der Waals surface area contributed by atoms with E-state index in [1.165, 1.54) is 29.5 Å². The molecule has 4 heteroatoms. The van der Waals surface area contributed by atoms with Crippen molar-refractivity contribution >= 4 is 11.0 Å². The summed E-state index contributed by atoms with van der Waals surface area (Å²) >= 11 is 0. The van der Waals surface area contributed by atoms with Gasteiger partial charge in [0.15, 0.2) is 0 Å². The van der Waals surface area contributed by atoms with Gasteiger partial charge in [0.2, 0.25) is 5.88 Å². The highest BCUT2D eigenvalue weighted by atomic mass is 16.5. The van der Waals surface area contributed by atoms with Gasteiger partial charge in [-0.05, 0) is 55.8 Å². The molecule has 2 N–H and O–H groups in total. The molecule has 0 bridgehead atoms. The van der Waals surface area contributed by atoms with Crippen molar-refractivity contribution in [1.29, 1.82) is 0 Å². The molecule has 27 heavy (non-hydrogen) atoms. The molecule has 4 nitrogen and oxygen atoms in total. The first-order valence-corrected chi connectivity index (χ1v) is 10.1. The predicted octanol–water partition coefficient (Wildman–Crippen LogP) is 5.44. The smallest absolute Gasteiger partial charge is 0.217 e. The van der Waals surface area contributed by atoms with Gasteiger partial charge in [0, 0.05) is 22.7 Å². The van der Waals surface area contributed by atoms with E-state index >= 15 is 0 Å². The van der Waals surface area contributed by atoms with Gasteiger partial charge in [0.25, 0.3) is 0 Å². The summed E-state index contributed by atoms with van der Waals surface area (Å²) < 4.78 is 12.1. The Balaban J connectivity index is 1.74. The molecule has 0 amide bonds. The average Bonchev–Trinajstić information content (AvgIpc) is 3.14. The van der Waals surface area contributed by atoms with Crippen LogP contribution in [0.3, 0.4) is 0 Å². The fraction of sp³-hybridized carbons (Fsp3) is 0.435. The third-order valence-corrected chi connectivity index (χ3v) is 5.52. The standard InChI is InChI=1S/C23H28N2O2/c1-16(8-3-2-6-12-24)19-15-25-23-18(10-7-13-26-23)22(19)21-14-17-9-4-5-11-20(17)27-21/h4-5,9,11,14-16H,2-3,6-8,10,12-13,24H2,1H3/t16-/m0/s1. The molecule has 3 heterocycles. The molecule has 0 saturated heterocycles. The molecule has 0 spiro atoms. The van der Waals surface area contributed by atoms with Crippen LogP contribution in [0.2, 0.25) is 0 Å². The third kappa shape index (κ3) is 3.72. The second-order valence-electron chi connectivity index (χ2n) is 7.51. The van der Waals surface area contributed by atoms with Crippen LogP contribution in [-0.4, -0.2) is 18.1 Å². The molecular weight excluding hydrogens is 336 g/mol. The molecule has 0 aliphatic carbocycles. The maximum absolute atomic E-state index is 6.25. The fourth-order valence-electron chi connectivity index (χ4n) is 4.02. The molecule has 0 unspecified atom stereocenters. The Morgan fingerprint density at radius 3 is 2.93 bits per heavy atom. The van der Waals surface area contributed by atoms with E-state index in [-0.39, 0.29) is 0 Å². The number of ether oxygens (including phenoxy) is 1. The van der Waals surface area contributed by atoms with Gasteiger partial charge in [-0.15, -0.1) is 0 Å². The third-order valence-electron chi connectivity index (χ3n) is 5.52. The average molecular weight is 364 g/mol. The molecular formula is C23H28N2O2. The van der Waals surface area contributed by atoms with Crippen molar-refractivity contribution in [2.75, 3.05) is 13.2 Å². The van der Waals surface area contributed by atoms with E-state index in [0.717, 1.165) is 61.4 Å². The molecule has 142 valence electrons. The summed E-state index contributed by atoms with van der Waals surface area (Å²) in [7, 11) is 0. The monoisotopic (exact) mass is 364 g/mol. The highest BCUT2D eigenvalue weighted by Crippen LogP contribution is 2.41. The molecule has 1 aromatic carbocycles. The van der Waals surface area contributed by atoms with Crippen LogP contribution in [0.15, 0.2) is 40.9 Å². The molecule has 2 aromatic heterocycles. The quantitative estimate of drug-likeness (QED) is 0.567. The van der Waals surface area contributed by atoms with Crippen LogP contribution in [0, 0.1) is 0 Å². The normalized spacial score (nSPS) is 14.7. The van der Waals surface area contributed by atoms with E-state index in [4.69, 9.17) is 14.9 Å². The maximum atomic E-state index is 6.25. The number of unbranched alkanes of at least 4 members (excludes halogenated alkanes) is 2. The van der Waals surface area contributed by atoms with Gasteiger partial charge in [-0.2, -0.15) is 0 Å². The zero-order chi connectivity index (χ0) is 18.6. The minimum Gasteiger partial charge on any atom is -0.477 e. The van der Waals surface area contributed by atoms with Gasteiger partial charge < -0.3 is 14.9 Å². The van der Waals surface area contributed by atoms with Crippen LogP contribution in [0.1, 0.15) is 56.1 Å². The Bertz CT molecular complexity index is 883. The van der Waals surface area contributed by atoms with E-state index in [1.807, 2.05) is 24.4 Å². The lowest BCUT2D eigenvalue weighted by atomic mass is 9.88. The molecule has 1 aliphatic rings. The van der Waals surface area contributed by atoms with Crippen molar-refractivity contribution in [3.63, 3.8) is 0 Å². The number of nitrogens with zero attached hydrogens (tertiary/aromatic N) is 1. The van der Waals surface area contributed by atoms with Gasteiger partial charge in [-0.3, -0.25) is 0 Å². The van der Waals surface area contributed by atoms with E-state index < -0.39 is 0 Å². The Hall–Kier alpha value is -2.33. The number of hydrogen-bond acceptors (Lipinski definition) is 4. The maximum Gasteiger partial charge on any atom is 0.217 e. The molecule has 0 saturated carbocycles. The van der Waals surface area contributed by atoms with Crippen LogP contribution in [-0.2, 0) is 6.42 Å². The van der Waals surface area contributed by atoms with Crippen LogP contribution < -0.4 is 10.5 Å². The highest BCUT2D eigenvalue weighted by Gasteiger charge is 2.24. The molecule has 0 radical (unpaired) electrons. The minimum absolute atomic E-state index is 0.422. The Labute approximate surface area is 160 Å². The van der Waals surface area contributed by atoms with E-state index in [0.29, 0.717) is 5.92 Å². The molecule has 0 fully saturated rings. The molecule has 3 aromatic rings. The number of para-hydroxylation sites is 1. The number of rotatable bonds is 7. The summed E-state index contributed by atoms with van der Waals surface area (Å²) in [6.07, 6.45) is 8.61. The highest BCUT2D eigenvalue weighted by molar-refractivity contribution is 5.84. The molecule has 1 aliphatic heterocycles. The number of hydrogen-bond donors (Lipinski definition) is 1. The lowest BCUT2D eigenvalue weighted by Crippen LogP contribution is -2.13. The second-order valence-corrected chi connectivity index (χ2v) is 7.51. The lowest BCUT2D eigenvalue weighted by molar-refractivity contribution is 0.276. The summed E-state index contributed by atoms with van der Waals surface area (Å²) in [4.78, 5) is 4.64. The largest absolute Gasteiger partial charge is 0.477 e. The number of fused-ring (bicyclic) bond motifs is 2. The zero-order valence-electron chi connectivity index (χ0n) is 16.0. The van der Waals surface area contributed by atoms with Crippen molar-refractivity contribution < 1.29 is 9.15 Å². The van der Waals surface area contributed by atoms with Crippen molar-refractivity contribution in [3.05, 3.63) is 47.7 Å². The van der Waals surface area contributed by atoms with Gasteiger partial charge in [0.1, 0.15) is 11.3 Å². The summed E-state index contributed by atoms with van der Waals surface area (Å²) in [5.74, 6) is 2.13. The fourth-order valence-corrected chi connectivity index (χ4v) is 4.02. The van der Waals surface area contributed by atoms with Gasteiger partial charge in [-0.1, -0.05) is 38.0 Å². The van der Waals surface area contributed by atoms with Crippen molar-refractivity contribution in [3.8, 4) is 17.2 Å². The van der Waals surface area contributed by atoms with Crippen LogP contribution >= 0.6 is 0 Å². The topological polar surface area (TPSA) is 61.3 Å². The number of pyridine rings is 1. The van der Waals surface area contributed by atoms with Crippen molar-refractivity contribution in [2.45, 2.75) is 51.4 Å². The Kier molecular flexibility index (Phi) is 5.44. The summed E-state index contributed by atoms with van der Waals surface area (Å²) in [5.41, 5.74) is 10.2. The van der Waals surface area contributed by atoms with Crippen molar-refractivity contribution in [1.82, 2.24) is 4.98 Å². The number of benzene rings is 1. The summed E-state index contributed by atoms with van der Waals surface area (Å²) in [5, 5.41) is 1.14. The van der Waals surface area contributed by atoms with Crippen LogP contribution in [0.4, 0.5) is 0 Å².